The molecule has 2 unspecified atom stereocenters. The molecule has 0 aliphatic carbocycles. The third-order valence-corrected chi connectivity index (χ3v) is 4.76. The molecule has 0 spiro atoms. The average Bonchev–Trinajstić information content (AvgIpc) is 3.08. The van der Waals surface area contributed by atoms with Gasteiger partial charge in [-0.2, -0.15) is 0 Å². The molecule has 3 aromatic rings. The summed E-state index contributed by atoms with van der Waals surface area (Å²) in [5, 5.41) is 23.4. The first kappa shape index (κ1) is 17.6. The van der Waals surface area contributed by atoms with Crippen LogP contribution in [0.5, 0.6) is 0 Å². The summed E-state index contributed by atoms with van der Waals surface area (Å²) in [6.45, 7) is 1.56. The molecule has 2 atom stereocenters. The van der Waals surface area contributed by atoms with Gasteiger partial charge < -0.3 is 14.8 Å². The fraction of sp³-hybridized carbons (Fsp3) is 0.211. The van der Waals surface area contributed by atoms with Gasteiger partial charge in [0, 0.05) is 17.4 Å². The molecule has 0 fully saturated rings. The Morgan fingerprint density at radius 2 is 1.64 bits per heavy atom. The molecule has 0 saturated carbocycles. The van der Waals surface area contributed by atoms with Crippen LogP contribution >= 0.6 is 11.6 Å². The maximum atomic E-state index is 13.3. The van der Waals surface area contributed by atoms with E-state index in [1.807, 2.05) is 0 Å². The Balaban J connectivity index is 2.12. The van der Waals surface area contributed by atoms with Crippen molar-refractivity contribution in [3.63, 3.8) is 0 Å². The molecule has 0 bridgehead atoms. The van der Waals surface area contributed by atoms with Crippen LogP contribution in [0.15, 0.2) is 67.3 Å². The summed E-state index contributed by atoms with van der Waals surface area (Å²) in [6.07, 6.45) is 4.82. The lowest BCUT2D eigenvalue weighted by Gasteiger charge is -2.42. The van der Waals surface area contributed by atoms with Crippen molar-refractivity contribution in [1.29, 1.82) is 0 Å². The quantitative estimate of drug-likeness (QED) is 0.732. The van der Waals surface area contributed by atoms with Crippen molar-refractivity contribution in [3.05, 3.63) is 89.2 Å². The van der Waals surface area contributed by atoms with E-state index >= 15 is 0 Å². The molecule has 0 saturated heterocycles. The van der Waals surface area contributed by atoms with Crippen molar-refractivity contribution < 1.29 is 14.6 Å². The fourth-order valence-electron chi connectivity index (χ4n) is 2.91. The Kier molecular flexibility index (Phi) is 4.64. The normalized spacial score (nSPS) is 16.2. The zero-order valence-corrected chi connectivity index (χ0v) is 14.4. The zero-order chi connectivity index (χ0) is 18.1. The van der Waals surface area contributed by atoms with Crippen molar-refractivity contribution in [3.8, 4) is 0 Å². The van der Waals surface area contributed by atoms with Crippen LogP contribution in [0.4, 0.5) is 4.39 Å². The SMILES string of the molecule is CC(O)(c1ccc(Cl)cc1)C(O)(Cn1ccnc1)c1ccc(F)cc1. The minimum atomic E-state index is -1.73. The van der Waals surface area contributed by atoms with Gasteiger partial charge in [-0.3, -0.25) is 0 Å². The van der Waals surface area contributed by atoms with E-state index in [2.05, 4.69) is 4.98 Å². The number of benzene rings is 2. The largest absolute Gasteiger partial charge is 0.382 e. The molecule has 130 valence electrons. The van der Waals surface area contributed by atoms with Gasteiger partial charge in [0.2, 0.25) is 0 Å². The average molecular weight is 361 g/mol. The second-order valence-electron chi connectivity index (χ2n) is 6.18. The second-order valence-corrected chi connectivity index (χ2v) is 6.62. The highest BCUT2D eigenvalue weighted by molar-refractivity contribution is 6.30. The zero-order valence-electron chi connectivity index (χ0n) is 13.6. The number of nitrogens with zero attached hydrogens (tertiary/aromatic N) is 2. The summed E-state index contributed by atoms with van der Waals surface area (Å²) >= 11 is 5.93. The lowest BCUT2D eigenvalue weighted by molar-refractivity contribution is -0.163. The van der Waals surface area contributed by atoms with E-state index in [1.165, 1.54) is 31.2 Å². The molecular weight excluding hydrogens is 343 g/mol. The lowest BCUT2D eigenvalue weighted by atomic mass is 9.74. The van der Waals surface area contributed by atoms with Gasteiger partial charge in [0.1, 0.15) is 17.0 Å². The molecule has 1 aromatic heterocycles. The van der Waals surface area contributed by atoms with Crippen molar-refractivity contribution in [2.24, 2.45) is 0 Å². The van der Waals surface area contributed by atoms with Crippen LogP contribution in [-0.4, -0.2) is 19.8 Å². The molecule has 0 radical (unpaired) electrons. The van der Waals surface area contributed by atoms with Crippen molar-refractivity contribution in [2.45, 2.75) is 24.7 Å². The van der Waals surface area contributed by atoms with E-state index in [4.69, 9.17) is 11.6 Å². The minimum Gasteiger partial charge on any atom is -0.382 e. The van der Waals surface area contributed by atoms with Crippen LogP contribution < -0.4 is 0 Å². The highest BCUT2D eigenvalue weighted by Gasteiger charge is 2.48. The minimum absolute atomic E-state index is 0.0360. The number of aromatic nitrogens is 2. The summed E-state index contributed by atoms with van der Waals surface area (Å²) in [5.41, 5.74) is -2.51. The van der Waals surface area contributed by atoms with Crippen LogP contribution in [0.3, 0.4) is 0 Å². The molecule has 0 amide bonds. The highest BCUT2D eigenvalue weighted by Crippen LogP contribution is 2.42. The number of rotatable bonds is 5. The van der Waals surface area contributed by atoms with Crippen LogP contribution in [0, 0.1) is 5.82 Å². The van der Waals surface area contributed by atoms with Crippen molar-refractivity contribution >= 4 is 11.6 Å². The van der Waals surface area contributed by atoms with E-state index in [-0.39, 0.29) is 6.54 Å². The third kappa shape index (κ3) is 3.31. The first-order valence-corrected chi connectivity index (χ1v) is 8.13. The molecule has 0 aliphatic rings. The van der Waals surface area contributed by atoms with Crippen LogP contribution in [-0.2, 0) is 17.7 Å². The first-order chi connectivity index (χ1) is 11.8. The van der Waals surface area contributed by atoms with E-state index in [0.29, 0.717) is 16.1 Å². The molecule has 1 heterocycles. The molecule has 0 aliphatic heterocycles. The van der Waals surface area contributed by atoms with Crippen molar-refractivity contribution in [1.82, 2.24) is 9.55 Å². The molecule has 2 aromatic carbocycles. The molecule has 3 rings (SSSR count). The van der Waals surface area contributed by atoms with Gasteiger partial charge in [-0.1, -0.05) is 35.9 Å². The van der Waals surface area contributed by atoms with E-state index in [9.17, 15) is 14.6 Å². The predicted molar refractivity (Wildman–Crippen MR) is 93.5 cm³/mol. The van der Waals surface area contributed by atoms with Gasteiger partial charge in [0.25, 0.3) is 0 Å². The number of aliphatic hydroxyl groups is 2. The Hall–Kier alpha value is -2.21. The molecule has 25 heavy (non-hydrogen) atoms. The van der Waals surface area contributed by atoms with Gasteiger partial charge in [0.05, 0.1) is 12.9 Å². The molecule has 6 heteroatoms. The van der Waals surface area contributed by atoms with Crippen molar-refractivity contribution in [2.75, 3.05) is 0 Å². The maximum Gasteiger partial charge on any atom is 0.140 e. The third-order valence-electron chi connectivity index (χ3n) is 4.50. The highest BCUT2D eigenvalue weighted by atomic mass is 35.5. The van der Waals surface area contributed by atoms with Gasteiger partial charge in [-0.15, -0.1) is 0 Å². The molecule has 2 N–H and O–H groups in total. The van der Waals surface area contributed by atoms with Gasteiger partial charge in [-0.25, -0.2) is 9.37 Å². The van der Waals surface area contributed by atoms with E-state index < -0.39 is 17.0 Å². The van der Waals surface area contributed by atoms with Crippen LogP contribution in [0.1, 0.15) is 18.1 Å². The summed E-state index contributed by atoms with van der Waals surface area (Å²) in [7, 11) is 0. The van der Waals surface area contributed by atoms with Crippen LogP contribution in [0.2, 0.25) is 5.02 Å². The van der Waals surface area contributed by atoms with Crippen LogP contribution in [0.25, 0.3) is 0 Å². The summed E-state index contributed by atoms with van der Waals surface area (Å²) in [4.78, 5) is 3.97. The summed E-state index contributed by atoms with van der Waals surface area (Å²) < 4.78 is 15.0. The number of hydrogen-bond donors (Lipinski definition) is 2. The lowest BCUT2D eigenvalue weighted by Crippen LogP contribution is -2.50. The van der Waals surface area contributed by atoms with Gasteiger partial charge >= 0.3 is 0 Å². The Bertz CT molecular complexity index is 833. The molecular formula is C19H18ClFN2O2. The second kappa shape index (κ2) is 6.59. The van der Waals surface area contributed by atoms with E-state index in [1.54, 1.807) is 47.6 Å². The Morgan fingerprint density at radius 1 is 1.04 bits per heavy atom. The number of hydrogen-bond acceptors (Lipinski definition) is 3. The molecule has 4 nitrogen and oxygen atoms in total. The first-order valence-electron chi connectivity index (χ1n) is 7.75. The predicted octanol–water partition coefficient (Wildman–Crippen LogP) is 3.47. The standard InChI is InChI=1S/C19H18ClFN2O2/c1-18(24,14-2-6-16(20)7-3-14)19(25,12-23-11-10-22-13-23)15-4-8-17(21)9-5-15/h2-11,13,24-25H,12H2,1H3. The fourth-order valence-corrected chi connectivity index (χ4v) is 3.04. The smallest absolute Gasteiger partial charge is 0.140 e. The topological polar surface area (TPSA) is 58.3 Å². The van der Waals surface area contributed by atoms with Gasteiger partial charge in [0.15, 0.2) is 0 Å². The maximum absolute atomic E-state index is 13.3. The number of halogens is 2. The Labute approximate surface area is 150 Å². The summed E-state index contributed by atoms with van der Waals surface area (Å²) in [5.74, 6) is -0.417. The van der Waals surface area contributed by atoms with E-state index in [0.717, 1.165) is 0 Å². The summed E-state index contributed by atoms with van der Waals surface area (Å²) in [6, 6.07) is 12.1. The number of imidazole rings is 1. The monoisotopic (exact) mass is 360 g/mol. The Morgan fingerprint density at radius 3 is 2.20 bits per heavy atom. The van der Waals surface area contributed by atoms with Gasteiger partial charge in [-0.05, 0) is 42.3 Å².